The van der Waals surface area contributed by atoms with Crippen molar-refractivity contribution in [3.05, 3.63) is 35.6 Å². The molecule has 1 aromatic carbocycles. The van der Waals surface area contributed by atoms with Gasteiger partial charge in [-0.25, -0.2) is 0 Å². The number of fused-ring (bicyclic) bond motifs is 1. The molecule has 0 unspecified atom stereocenters. The minimum absolute atomic E-state index is 0.138. The van der Waals surface area contributed by atoms with Crippen LogP contribution in [0.25, 0.3) is 11.0 Å². The molecule has 2 aromatic rings. The van der Waals surface area contributed by atoms with Gasteiger partial charge in [0.15, 0.2) is 0 Å². The second kappa shape index (κ2) is 3.23. The standard InChI is InChI=1S/C11H12O2/c1-8-3-2-4-9-7-10(5-6-12)13-11(8)9/h2-4,7,12H,5-6H2,1H3. The number of aliphatic hydroxyl groups is 1. The van der Waals surface area contributed by atoms with Crippen LogP contribution in [0.5, 0.6) is 0 Å². The maximum absolute atomic E-state index is 8.75. The molecule has 0 bridgehead atoms. The molecule has 2 heteroatoms. The van der Waals surface area contributed by atoms with Crippen molar-refractivity contribution in [2.24, 2.45) is 0 Å². The van der Waals surface area contributed by atoms with E-state index in [2.05, 4.69) is 0 Å². The van der Waals surface area contributed by atoms with Gasteiger partial charge in [-0.05, 0) is 18.6 Å². The zero-order chi connectivity index (χ0) is 9.26. The Labute approximate surface area is 76.8 Å². The fraction of sp³-hybridized carbons (Fsp3) is 0.273. The van der Waals surface area contributed by atoms with Gasteiger partial charge in [0, 0.05) is 11.8 Å². The van der Waals surface area contributed by atoms with Crippen molar-refractivity contribution in [3.63, 3.8) is 0 Å². The van der Waals surface area contributed by atoms with Crippen LogP contribution in [-0.4, -0.2) is 11.7 Å². The van der Waals surface area contributed by atoms with Crippen molar-refractivity contribution in [3.8, 4) is 0 Å². The minimum atomic E-state index is 0.138. The Morgan fingerprint density at radius 1 is 1.38 bits per heavy atom. The zero-order valence-corrected chi connectivity index (χ0v) is 7.58. The smallest absolute Gasteiger partial charge is 0.137 e. The minimum Gasteiger partial charge on any atom is -0.461 e. The van der Waals surface area contributed by atoms with E-state index in [0.29, 0.717) is 6.42 Å². The Hall–Kier alpha value is -1.28. The first-order chi connectivity index (χ1) is 6.31. The summed E-state index contributed by atoms with van der Waals surface area (Å²) < 4.78 is 5.58. The van der Waals surface area contributed by atoms with Crippen LogP contribution in [0, 0.1) is 6.92 Å². The van der Waals surface area contributed by atoms with Gasteiger partial charge in [0.25, 0.3) is 0 Å². The van der Waals surface area contributed by atoms with Gasteiger partial charge in [0.2, 0.25) is 0 Å². The highest BCUT2D eigenvalue weighted by atomic mass is 16.3. The Balaban J connectivity index is 2.55. The number of para-hydroxylation sites is 1. The number of furan rings is 1. The molecule has 0 aliphatic rings. The average Bonchev–Trinajstić information content (AvgIpc) is 2.49. The summed E-state index contributed by atoms with van der Waals surface area (Å²) in [7, 11) is 0. The maximum atomic E-state index is 8.75. The molecule has 0 saturated heterocycles. The van der Waals surface area contributed by atoms with Crippen LogP contribution in [0.3, 0.4) is 0 Å². The molecule has 0 aliphatic carbocycles. The molecule has 2 nitrogen and oxygen atoms in total. The summed E-state index contributed by atoms with van der Waals surface area (Å²) in [6, 6.07) is 8.04. The third-order valence-corrected chi connectivity index (χ3v) is 2.15. The van der Waals surface area contributed by atoms with E-state index < -0.39 is 0 Å². The Kier molecular flexibility index (Phi) is 2.07. The van der Waals surface area contributed by atoms with E-state index in [1.54, 1.807) is 0 Å². The van der Waals surface area contributed by atoms with Crippen LogP contribution in [0.1, 0.15) is 11.3 Å². The molecule has 13 heavy (non-hydrogen) atoms. The number of rotatable bonds is 2. The van der Waals surface area contributed by atoms with Crippen LogP contribution in [-0.2, 0) is 6.42 Å². The molecule has 0 radical (unpaired) electrons. The molecule has 1 N–H and O–H groups in total. The van der Waals surface area contributed by atoms with E-state index in [1.165, 1.54) is 0 Å². The maximum Gasteiger partial charge on any atom is 0.137 e. The van der Waals surface area contributed by atoms with Crippen molar-refractivity contribution in [2.75, 3.05) is 6.61 Å². The number of hydrogen-bond donors (Lipinski definition) is 1. The third kappa shape index (κ3) is 1.45. The van der Waals surface area contributed by atoms with Gasteiger partial charge >= 0.3 is 0 Å². The number of aryl methyl sites for hydroxylation is 1. The largest absolute Gasteiger partial charge is 0.461 e. The van der Waals surface area contributed by atoms with E-state index in [9.17, 15) is 0 Å². The first kappa shape index (κ1) is 8.32. The van der Waals surface area contributed by atoms with Gasteiger partial charge in [-0.15, -0.1) is 0 Å². The first-order valence-corrected chi connectivity index (χ1v) is 4.40. The Morgan fingerprint density at radius 2 is 2.23 bits per heavy atom. The molecule has 0 amide bonds. The summed E-state index contributed by atoms with van der Waals surface area (Å²) in [6.07, 6.45) is 0.591. The zero-order valence-electron chi connectivity index (χ0n) is 7.58. The van der Waals surface area contributed by atoms with Gasteiger partial charge < -0.3 is 9.52 Å². The Morgan fingerprint density at radius 3 is 2.92 bits per heavy atom. The predicted molar refractivity (Wildman–Crippen MR) is 51.7 cm³/mol. The third-order valence-electron chi connectivity index (χ3n) is 2.15. The molecule has 0 atom stereocenters. The van der Waals surface area contributed by atoms with E-state index in [0.717, 1.165) is 22.3 Å². The lowest BCUT2D eigenvalue weighted by atomic mass is 10.2. The lowest BCUT2D eigenvalue weighted by Gasteiger charge is -1.92. The van der Waals surface area contributed by atoms with Gasteiger partial charge in [-0.3, -0.25) is 0 Å². The normalized spacial score (nSPS) is 10.9. The SMILES string of the molecule is Cc1cccc2cc(CCO)oc12. The number of hydrogen-bond acceptors (Lipinski definition) is 2. The van der Waals surface area contributed by atoms with E-state index in [-0.39, 0.29) is 6.61 Å². The van der Waals surface area contributed by atoms with Crippen molar-refractivity contribution < 1.29 is 9.52 Å². The quantitative estimate of drug-likeness (QED) is 0.761. The van der Waals surface area contributed by atoms with Crippen molar-refractivity contribution >= 4 is 11.0 Å². The van der Waals surface area contributed by atoms with Crippen LogP contribution in [0.2, 0.25) is 0 Å². The molecule has 1 heterocycles. The predicted octanol–water partition coefficient (Wildman–Crippen LogP) is 2.28. The highest BCUT2D eigenvalue weighted by molar-refractivity contribution is 5.80. The molecule has 1 aromatic heterocycles. The molecule has 0 aliphatic heterocycles. The summed E-state index contributed by atoms with van der Waals surface area (Å²) in [6.45, 7) is 2.16. The van der Waals surface area contributed by atoms with Crippen molar-refractivity contribution in [1.29, 1.82) is 0 Å². The lowest BCUT2D eigenvalue weighted by Crippen LogP contribution is -1.85. The fourth-order valence-corrected chi connectivity index (χ4v) is 1.50. The lowest BCUT2D eigenvalue weighted by molar-refractivity contribution is 0.289. The van der Waals surface area contributed by atoms with Crippen molar-refractivity contribution in [1.82, 2.24) is 0 Å². The molecule has 0 fully saturated rings. The summed E-state index contributed by atoms with van der Waals surface area (Å²) in [4.78, 5) is 0. The monoisotopic (exact) mass is 176 g/mol. The van der Waals surface area contributed by atoms with Gasteiger partial charge in [0.05, 0.1) is 6.61 Å². The average molecular weight is 176 g/mol. The molecular formula is C11H12O2. The summed E-state index contributed by atoms with van der Waals surface area (Å²) in [5.74, 6) is 0.854. The summed E-state index contributed by atoms with van der Waals surface area (Å²) >= 11 is 0. The van der Waals surface area contributed by atoms with Gasteiger partial charge in [-0.1, -0.05) is 18.2 Å². The van der Waals surface area contributed by atoms with E-state index >= 15 is 0 Å². The van der Waals surface area contributed by atoms with Crippen LogP contribution in [0.15, 0.2) is 28.7 Å². The number of aliphatic hydroxyl groups excluding tert-OH is 1. The molecular weight excluding hydrogens is 164 g/mol. The highest BCUT2D eigenvalue weighted by Crippen LogP contribution is 2.22. The van der Waals surface area contributed by atoms with Crippen LogP contribution >= 0.6 is 0 Å². The number of benzene rings is 1. The van der Waals surface area contributed by atoms with Gasteiger partial charge in [-0.2, -0.15) is 0 Å². The fourth-order valence-electron chi connectivity index (χ4n) is 1.50. The molecule has 0 spiro atoms. The van der Waals surface area contributed by atoms with Crippen LogP contribution < -0.4 is 0 Å². The second-order valence-corrected chi connectivity index (χ2v) is 3.18. The topological polar surface area (TPSA) is 33.4 Å². The van der Waals surface area contributed by atoms with E-state index in [1.807, 2.05) is 31.2 Å². The molecule has 0 saturated carbocycles. The Bertz CT molecular complexity index is 415. The summed E-state index contributed by atoms with van der Waals surface area (Å²) in [5, 5.41) is 9.87. The van der Waals surface area contributed by atoms with Crippen LogP contribution in [0.4, 0.5) is 0 Å². The summed E-state index contributed by atoms with van der Waals surface area (Å²) in [5.41, 5.74) is 2.08. The van der Waals surface area contributed by atoms with Gasteiger partial charge in [0.1, 0.15) is 11.3 Å². The molecule has 2 rings (SSSR count). The van der Waals surface area contributed by atoms with Crippen molar-refractivity contribution in [2.45, 2.75) is 13.3 Å². The van der Waals surface area contributed by atoms with E-state index in [4.69, 9.17) is 9.52 Å². The first-order valence-electron chi connectivity index (χ1n) is 4.40. The highest BCUT2D eigenvalue weighted by Gasteiger charge is 2.04. The second-order valence-electron chi connectivity index (χ2n) is 3.18. The molecule has 68 valence electrons.